The zero-order valence-corrected chi connectivity index (χ0v) is 12.1. The number of hydrogen-bond acceptors (Lipinski definition) is 2. The summed E-state index contributed by atoms with van der Waals surface area (Å²) in [7, 11) is 0. The molecule has 0 radical (unpaired) electrons. The molecule has 2 aromatic carbocycles. The van der Waals surface area contributed by atoms with Crippen molar-refractivity contribution in [1.29, 1.82) is 0 Å². The molecule has 106 valence electrons. The van der Waals surface area contributed by atoms with Crippen molar-refractivity contribution < 1.29 is 4.74 Å². The highest BCUT2D eigenvalue weighted by Gasteiger charge is 2.08. The summed E-state index contributed by atoms with van der Waals surface area (Å²) in [5, 5.41) is 0.665. The van der Waals surface area contributed by atoms with Crippen molar-refractivity contribution in [2.24, 2.45) is 0 Å². The zero-order valence-electron chi connectivity index (χ0n) is 12.1. The maximum atomic E-state index is 12.4. The van der Waals surface area contributed by atoms with Crippen molar-refractivity contribution in [1.82, 2.24) is 4.98 Å². The van der Waals surface area contributed by atoms with Crippen molar-refractivity contribution in [2.75, 3.05) is 0 Å². The normalized spacial score (nSPS) is 10.8. The highest BCUT2D eigenvalue weighted by Crippen LogP contribution is 2.24. The number of rotatable bonds is 3. The van der Waals surface area contributed by atoms with Gasteiger partial charge in [0, 0.05) is 22.2 Å². The van der Waals surface area contributed by atoms with Gasteiger partial charge in [0.1, 0.15) is 11.5 Å². The van der Waals surface area contributed by atoms with Gasteiger partial charge in [0.05, 0.1) is 0 Å². The third-order valence-electron chi connectivity index (χ3n) is 3.65. The molecular weight excluding hydrogens is 262 g/mol. The van der Waals surface area contributed by atoms with Gasteiger partial charge in [0.2, 0.25) is 0 Å². The van der Waals surface area contributed by atoms with Crippen LogP contribution in [0.3, 0.4) is 0 Å². The molecule has 3 heteroatoms. The van der Waals surface area contributed by atoms with Gasteiger partial charge in [-0.25, -0.2) is 0 Å². The van der Waals surface area contributed by atoms with Gasteiger partial charge >= 0.3 is 0 Å². The first kappa shape index (κ1) is 13.4. The lowest BCUT2D eigenvalue weighted by Gasteiger charge is -2.09. The second kappa shape index (κ2) is 5.44. The molecule has 3 aromatic rings. The molecule has 0 aliphatic heterocycles. The van der Waals surface area contributed by atoms with E-state index in [-0.39, 0.29) is 5.43 Å². The Morgan fingerprint density at radius 2 is 1.81 bits per heavy atom. The predicted octanol–water partition coefficient (Wildman–Crippen LogP) is 4.19. The van der Waals surface area contributed by atoms with E-state index in [0.717, 1.165) is 28.9 Å². The standard InChI is InChI=1S/C18H17NO2/c1-3-16-12(2)18(20)15-11-14(9-10-17(15)19-16)21-13-7-5-4-6-8-13/h4-11H,3H2,1-2H3,(H,19,20). The average Bonchev–Trinajstić information content (AvgIpc) is 2.52. The second-order valence-corrected chi connectivity index (χ2v) is 5.03. The molecule has 1 aromatic heterocycles. The van der Waals surface area contributed by atoms with E-state index < -0.39 is 0 Å². The fraction of sp³-hybridized carbons (Fsp3) is 0.167. The van der Waals surface area contributed by atoms with Crippen molar-refractivity contribution in [3.8, 4) is 11.5 Å². The fourth-order valence-electron chi connectivity index (χ4n) is 2.46. The average molecular weight is 279 g/mol. The Bertz CT molecular complexity index is 835. The van der Waals surface area contributed by atoms with Gasteiger partial charge in [-0.2, -0.15) is 0 Å². The molecule has 0 saturated heterocycles. The molecule has 0 atom stereocenters. The Labute approximate surface area is 123 Å². The van der Waals surface area contributed by atoms with Crippen molar-refractivity contribution in [2.45, 2.75) is 20.3 Å². The topological polar surface area (TPSA) is 42.1 Å². The smallest absolute Gasteiger partial charge is 0.192 e. The minimum atomic E-state index is 0.0686. The molecule has 0 saturated carbocycles. The van der Waals surface area contributed by atoms with Gasteiger partial charge in [-0.15, -0.1) is 0 Å². The van der Waals surface area contributed by atoms with Gasteiger partial charge in [-0.05, 0) is 43.7 Å². The third-order valence-corrected chi connectivity index (χ3v) is 3.65. The van der Waals surface area contributed by atoms with Crippen LogP contribution < -0.4 is 10.2 Å². The first-order chi connectivity index (χ1) is 10.2. The molecule has 0 fully saturated rings. The maximum Gasteiger partial charge on any atom is 0.192 e. The van der Waals surface area contributed by atoms with Crippen LogP contribution in [0.5, 0.6) is 11.5 Å². The first-order valence-corrected chi connectivity index (χ1v) is 7.07. The van der Waals surface area contributed by atoms with E-state index in [1.165, 1.54) is 0 Å². The number of aromatic amines is 1. The highest BCUT2D eigenvalue weighted by molar-refractivity contribution is 5.81. The van der Waals surface area contributed by atoms with Crippen molar-refractivity contribution >= 4 is 10.9 Å². The van der Waals surface area contributed by atoms with Gasteiger partial charge in [0.15, 0.2) is 5.43 Å². The van der Waals surface area contributed by atoms with Gasteiger partial charge in [0.25, 0.3) is 0 Å². The highest BCUT2D eigenvalue weighted by atomic mass is 16.5. The number of benzene rings is 2. The lowest BCUT2D eigenvalue weighted by Crippen LogP contribution is -2.11. The monoisotopic (exact) mass is 279 g/mol. The molecule has 3 nitrogen and oxygen atoms in total. The number of aryl methyl sites for hydroxylation is 1. The number of H-pyrrole nitrogens is 1. The molecular formula is C18H17NO2. The molecule has 1 N–H and O–H groups in total. The van der Waals surface area contributed by atoms with Crippen LogP contribution >= 0.6 is 0 Å². The van der Waals surface area contributed by atoms with Crippen LogP contribution in [0.4, 0.5) is 0 Å². The summed E-state index contributed by atoms with van der Waals surface area (Å²) in [5.74, 6) is 1.43. The second-order valence-electron chi connectivity index (χ2n) is 5.03. The van der Waals surface area contributed by atoms with Crippen molar-refractivity contribution in [3.05, 3.63) is 70.0 Å². The number of hydrogen-bond donors (Lipinski definition) is 1. The Kier molecular flexibility index (Phi) is 3.48. The summed E-state index contributed by atoms with van der Waals surface area (Å²) in [6.07, 6.45) is 0.819. The molecule has 0 aliphatic carbocycles. The van der Waals surface area contributed by atoms with Crippen LogP contribution in [-0.4, -0.2) is 4.98 Å². The molecule has 0 aliphatic rings. The Balaban J connectivity index is 2.08. The van der Waals surface area contributed by atoms with Gasteiger partial charge in [-0.3, -0.25) is 4.79 Å². The number of aromatic nitrogens is 1. The molecule has 0 amide bonds. The summed E-state index contributed by atoms with van der Waals surface area (Å²) in [5.41, 5.74) is 2.69. The minimum absolute atomic E-state index is 0.0686. The Morgan fingerprint density at radius 3 is 2.52 bits per heavy atom. The summed E-state index contributed by atoms with van der Waals surface area (Å²) in [6.45, 7) is 3.90. The van der Waals surface area contributed by atoms with Crippen LogP contribution in [0.25, 0.3) is 10.9 Å². The summed E-state index contributed by atoms with van der Waals surface area (Å²) in [6, 6.07) is 15.1. The summed E-state index contributed by atoms with van der Waals surface area (Å²) >= 11 is 0. The van der Waals surface area contributed by atoms with E-state index in [1.54, 1.807) is 6.07 Å². The summed E-state index contributed by atoms with van der Waals surface area (Å²) in [4.78, 5) is 15.8. The van der Waals surface area contributed by atoms with E-state index in [9.17, 15) is 4.79 Å². The maximum absolute atomic E-state index is 12.4. The molecule has 3 rings (SSSR count). The Hall–Kier alpha value is -2.55. The minimum Gasteiger partial charge on any atom is -0.457 e. The van der Waals surface area contributed by atoms with E-state index >= 15 is 0 Å². The number of ether oxygens (including phenoxy) is 1. The lowest BCUT2D eigenvalue weighted by atomic mass is 10.1. The molecule has 0 spiro atoms. The number of pyridine rings is 1. The largest absolute Gasteiger partial charge is 0.457 e. The fourth-order valence-corrected chi connectivity index (χ4v) is 2.46. The number of fused-ring (bicyclic) bond motifs is 1. The lowest BCUT2D eigenvalue weighted by molar-refractivity contribution is 0.483. The van der Waals surface area contributed by atoms with Crippen LogP contribution in [0.1, 0.15) is 18.2 Å². The zero-order chi connectivity index (χ0) is 14.8. The molecule has 1 heterocycles. The van der Waals surface area contributed by atoms with E-state index in [1.807, 2.05) is 56.3 Å². The Morgan fingerprint density at radius 1 is 1.05 bits per heavy atom. The quantitative estimate of drug-likeness (QED) is 0.781. The van der Waals surface area contributed by atoms with E-state index in [2.05, 4.69) is 4.98 Å². The third kappa shape index (κ3) is 2.55. The molecule has 0 unspecified atom stereocenters. The van der Waals surface area contributed by atoms with Crippen LogP contribution in [0.15, 0.2) is 53.3 Å². The predicted molar refractivity (Wildman–Crippen MR) is 85.2 cm³/mol. The van der Waals surface area contributed by atoms with Gasteiger partial charge < -0.3 is 9.72 Å². The van der Waals surface area contributed by atoms with Crippen LogP contribution in [0, 0.1) is 6.92 Å². The number of nitrogens with one attached hydrogen (secondary N) is 1. The van der Waals surface area contributed by atoms with Crippen LogP contribution in [-0.2, 0) is 6.42 Å². The first-order valence-electron chi connectivity index (χ1n) is 7.07. The van der Waals surface area contributed by atoms with E-state index in [0.29, 0.717) is 11.1 Å². The number of para-hydroxylation sites is 1. The van der Waals surface area contributed by atoms with Gasteiger partial charge in [-0.1, -0.05) is 25.1 Å². The molecule has 21 heavy (non-hydrogen) atoms. The van der Waals surface area contributed by atoms with Crippen LogP contribution in [0.2, 0.25) is 0 Å². The summed E-state index contributed by atoms with van der Waals surface area (Å²) < 4.78 is 5.79. The SMILES string of the molecule is CCc1[nH]c2ccc(Oc3ccccc3)cc2c(=O)c1C. The molecule has 0 bridgehead atoms. The van der Waals surface area contributed by atoms with Crippen molar-refractivity contribution in [3.63, 3.8) is 0 Å². The van der Waals surface area contributed by atoms with E-state index in [4.69, 9.17) is 4.74 Å².